The first-order chi connectivity index (χ1) is 8.24. The van der Waals surface area contributed by atoms with Gasteiger partial charge in [0.05, 0.1) is 6.10 Å². The maximum Gasteiger partial charge on any atom is 0.0801 e. The van der Waals surface area contributed by atoms with E-state index in [4.69, 9.17) is 11.6 Å². The van der Waals surface area contributed by atoms with Gasteiger partial charge in [0.15, 0.2) is 0 Å². The first-order valence-corrected chi connectivity index (χ1v) is 6.37. The Balaban J connectivity index is 2.42. The van der Waals surface area contributed by atoms with Crippen LogP contribution in [0.2, 0.25) is 0 Å². The average molecular weight is 249 g/mol. The Kier molecular flexibility index (Phi) is 4.03. The third-order valence-corrected chi connectivity index (χ3v) is 3.67. The highest BCUT2D eigenvalue weighted by Gasteiger charge is 2.19. The monoisotopic (exact) mass is 248 g/mol. The van der Waals surface area contributed by atoms with Crippen LogP contribution < -0.4 is 0 Å². The number of aliphatic hydroxyl groups is 1. The number of fused-ring (bicyclic) bond motifs is 1. The predicted octanol–water partition coefficient (Wildman–Crippen LogP) is 3.91. The summed E-state index contributed by atoms with van der Waals surface area (Å²) in [6, 6.07) is 8.17. The fourth-order valence-electron chi connectivity index (χ4n) is 2.32. The number of aryl methyl sites for hydroxylation is 1. The normalized spacial score (nSPS) is 17.3. The molecule has 1 nitrogen and oxygen atoms in total. The van der Waals surface area contributed by atoms with Crippen molar-refractivity contribution >= 4 is 16.6 Å². The van der Waals surface area contributed by atoms with E-state index < -0.39 is 6.10 Å². The molecule has 1 aliphatic carbocycles. The van der Waals surface area contributed by atoms with Gasteiger partial charge in [0.1, 0.15) is 0 Å². The summed E-state index contributed by atoms with van der Waals surface area (Å²) >= 11 is 6.43. The van der Waals surface area contributed by atoms with E-state index in [1.807, 2.05) is 18.2 Å². The van der Waals surface area contributed by atoms with E-state index >= 15 is 0 Å². The van der Waals surface area contributed by atoms with Gasteiger partial charge in [0.2, 0.25) is 0 Å². The van der Waals surface area contributed by atoms with E-state index in [2.05, 4.69) is 12.6 Å². The molecule has 0 bridgehead atoms. The Bertz CT molecular complexity index is 448. The van der Waals surface area contributed by atoms with E-state index in [-0.39, 0.29) is 0 Å². The second-order valence-electron chi connectivity index (χ2n) is 4.39. The molecule has 0 aliphatic heterocycles. The van der Waals surface area contributed by atoms with Crippen LogP contribution in [0.3, 0.4) is 0 Å². The lowest BCUT2D eigenvalue weighted by Crippen LogP contribution is -2.09. The van der Waals surface area contributed by atoms with Crippen molar-refractivity contribution in [1.29, 1.82) is 0 Å². The van der Waals surface area contributed by atoms with Crippen LogP contribution in [-0.4, -0.2) is 11.2 Å². The largest absolute Gasteiger partial charge is 0.388 e. The highest BCUT2D eigenvalue weighted by molar-refractivity contribution is 6.49. The van der Waals surface area contributed by atoms with Gasteiger partial charge in [-0.3, -0.25) is 0 Å². The zero-order chi connectivity index (χ0) is 12.3. The fourth-order valence-corrected chi connectivity index (χ4v) is 2.72. The maximum atomic E-state index is 10.1. The molecule has 1 aromatic carbocycles. The highest BCUT2D eigenvalue weighted by atomic mass is 35.5. The first kappa shape index (κ1) is 12.4. The molecule has 0 saturated carbocycles. The Morgan fingerprint density at radius 2 is 2.12 bits per heavy atom. The topological polar surface area (TPSA) is 20.2 Å². The van der Waals surface area contributed by atoms with Gasteiger partial charge in [-0.25, -0.2) is 0 Å². The zero-order valence-corrected chi connectivity index (χ0v) is 10.6. The standard InChI is InChI=1S/C15H17ClO/c1-2-6-14(17)13-10-5-8-11-7-3-4-9-12(11)15(13)16/h2-4,7,9,14,17H,1,5-6,8,10H2. The molecule has 1 aromatic rings. The molecular weight excluding hydrogens is 232 g/mol. The molecule has 1 atom stereocenters. The Labute approximate surface area is 107 Å². The van der Waals surface area contributed by atoms with Crippen molar-refractivity contribution in [3.8, 4) is 0 Å². The molecule has 0 radical (unpaired) electrons. The van der Waals surface area contributed by atoms with Crippen LogP contribution in [0, 0.1) is 0 Å². The zero-order valence-electron chi connectivity index (χ0n) is 9.82. The third-order valence-electron chi connectivity index (χ3n) is 3.22. The lowest BCUT2D eigenvalue weighted by molar-refractivity contribution is 0.211. The molecule has 0 aromatic heterocycles. The van der Waals surface area contributed by atoms with Crippen molar-refractivity contribution in [2.75, 3.05) is 0 Å². The van der Waals surface area contributed by atoms with Gasteiger partial charge in [-0.15, -0.1) is 6.58 Å². The second kappa shape index (κ2) is 5.52. The molecule has 90 valence electrons. The van der Waals surface area contributed by atoms with Crippen LogP contribution in [0.1, 0.15) is 30.4 Å². The van der Waals surface area contributed by atoms with Crippen molar-refractivity contribution in [1.82, 2.24) is 0 Å². The number of aliphatic hydroxyl groups excluding tert-OH is 1. The molecule has 1 N–H and O–H groups in total. The molecule has 0 fully saturated rings. The number of halogens is 1. The van der Waals surface area contributed by atoms with Crippen molar-refractivity contribution in [2.45, 2.75) is 31.8 Å². The average Bonchev–Trinajstić information content (AvgIpc) is 2.50. The molecule has 2 heteroatoms. The van der Waals surface area contributed by atoms with Gasteiger partial charge in [-0.1, -0.05) is 41.9 Å². The minimum atomic E-state index is -0.494. The van der Waals surface area contributed by atoms with Gasteiger partial charge in [0.25, 0.3) is 0 Å². The summed E-state index contributed by atoms with van der Waals surface area (Å²) in [6.45, 7) is 3.66. The van der Waals surface area contributed by atoms with E-state index in [0.29, 0.717) is 6.42 Å². The lowest BCUT2D eigenvalue weighted by Gasteiger charge is -2.14. The van der Waals surface area contributed by atoms with E-state index in [1.165, 1.54) is 5.56 Å². The summed E-state index contributed by atoms with van der Waals surface area (Å²) in [6.07, 6.45) is 4.73. The molecule has 0 amide bonds. The number of rotatable bonds is 3. The van der Waals surface area contributed by atoms with E-state index in [1.54, 1.807) is 6.08 Å². The molecule has 0 heterocycles. The summed E-state index contributed by atoms with van der Waals surface area (Å²) < 4.78 is 0. The van der Waals surface area contributed by atoms with Crippen molar-refractivity contribution < 1.29 is 5.11 Å². The quantitative estimate of drug-likeness (QED) is 0.805. The van der Waals surface area contributed by atoms with Crippen LogP contribution in [0.4, 0.5) is 0 Å². The van der Waals surface area contributed by atoms with Gasteiger partial charge >= 0.3 is 0 Å². The summed E-state index contributed by atoms with van der Waals surface area (Å²) in [5, 5.41) is 10.8. The molecule has 17 heavy (non-hydrogen) atoms. The van der Waals surface area contributed by atoms with Gasteiger partial charge in [-0.05, 0) is 42.4 Å². The maximum absolute atomic E-state index is 10.1. The van der Waals surface area contributed by atoms with Crippen LogP contribution in [0.25, 0.3) is 5.03 Å². The Morgan fingerprint density at radius 3 is 2.88 bits per heavy atom. The van der Waals surface area contributed by atoms with E-state index in [0.717, 1.165) is 35.4 Å². The Morgan fingerprint density at radius 1 is 1.35 bits per heavy atom. The van der Waals surface area contributed by atoms with E-state index in [9.17, 15) is 5.11 Å². The predicted molar refractivity (Wildman–Crippen MR) is 73.0 cm³/mol. The second-order valence-corrected chi connectivity index (χ2v) is 4.77. The van der Waals surface area contributed by atoms with Gasteiger partial charge in [-0.2, -0.15) is 0 Å². The Hall–Kier alpha value is -1.05. The summed E-state index contributed by atoms with van der Waals surface area (Å²) in [5.41, 5.74) is 3.31. The summed E-state index contributed by atoms with van der Waals surface area (Å²) in [4.78, 5) is 0. The van der Waals surface area contributed by atoms with Crippen LogP contribution in [0.5, 0.6) is 0 Å². The van der Waals surface area contributed by atoms with Gasteiger partial charge in [0, 0.05) is 5.03 Å². The van der Waals surface area contributed by atoms with Crippen LogP contribution in [0.15, 0.2) is 42.5 Å². The fraction of sp³-hybridized carbons (Fsp3) is 0.333. The molecule has 1 aliphatic rings. The SMILES string of the molecule is C=CCC(O)C1=C(Cl)c2ccccc2CCC1. The highest BCUT2D eigenvalue weighted by Crippen LogP contribution is 2.34. The van der Waals surface area contributed by atoms with Crippen molar-refractivity contribution in [3.63, 3.8) is 0 Å². The summed E-state index contributed by atoms with van der Waals surface area (Å²) in [7, 11) is 0. The lowest BCUT2D eigenvalue weighted by atomic mass is 10.0. The minimum Gasteiger partial charge on any atom is -0.388 e. The van der Waals surface area contributed by atoms with Crippen LogP contribution >= 0.6 is 11.6 Å². The van der Waals surface area contributed by atoms with Crippen molar-refractivity contribution in [3.05, 3.63) is 53.6 Å². The smallest absolute Gasteiger partial charge is 0.0801 e. The summed E-state index contributed by atoms with van der Waals surface area (Å²) in [5.74, 6) is 0. The molecule has 0 spiro atoms. The molecular formula is C15H17ClO. The number of hydrogen-bond acceptors (Lipinski definition) is 1. The van der Waals surface area contributed by atoms with Crippen molar-refractivity contribution in [2.24, 2.45) is 0 Å². The molecule has 2 rings (SSSR count). The van der Waals surface area contributed by atoms with Crippen LogP contribution in [-0.2, 0) is 6.42 Å². The molecule has 1 unspecified atom stereocenters. The number of benzene rings is 1. The number of hydrogen-bond donors (Lipinski definition) is 1. The first-order valence-electron chi connectivity index (χ1n) is 6.00. The van der Waals surface area contributed by atoms with Gasteiger partial charge < -0.3 is 5.11 Å². The minimum absolute atomic E-state index is 0.494. The third kappa shape index (κ3) is 2.62. The molecule has 0 saturated heterocycles.